The van der Waals surface area contributed by atoms with Crippen LogP contribution in [0.5, 0.6) is 0 Å². The number of aliphatic carboxylic acids is 1. The number of halogens is 2. The molecule has 1 aliphatic rings. The summed E-state index contributed by atoms with van der Waals surface area (Å²) in [6.07, 6.45) is 3.29. The fourth-order valence-electron chi connectivity index (χ4n) is 3.47. The van der Waals surface area contributed by atoms with Gasteiger partial charge in [0, 0.05) is 18.7 Å². The summed E-state index contributed by atoms with van der Waals surface area (Å²) in [5.74, 6) is -0.984. The number of carboxylic acid groups (broad SMARTS) is 1. The fraction of sp³-hybridized carbons (Fsp3) is 0.261. The van der Waals surface area contributed by atoms with Crippen molar-refractivity contribution in [1.29, 1.82) is 0 Å². The predicted molar refractivity (Wildman–Crippen MR) is 117 cm³/mol. The molecule has 1 N–H and O–H groups in total. The third-order valence-corrected chi connectivity index (χ3v) is 5.44. The van der Waals surface area contributed by atoms with E-state index in [1.54, 1.807) is 30.4 Å². The molecule has 31 heavy (non-hydrogen) atoms. The molecule has 0 aliphatic heterocycles. The van der Waals surface area contributed by atoms with Crippen LogP contribution >= 0.6 is 11.6 Å². The minimum atomic E-state index is -1.54. The summed E-state index contributed by atoms with van der Waals surface area (Å²) in [7, 11) is 1.48. The SMILES string of the molecule is COC1=C(c2ccccc2)C(F)C(Cl)(Cc2ccc(N(CC(=O)O)C(C)=O)nc2)C=C1. The normalized spacial score (nSPS) is 20.5. The van der Waals surface area contributed by atoms with Crippen LogP contribution in [0.25, 0.3) is 5.57 Å². The van der Waals surface area contributed by atoms with Gasteiger partial charge in [0.2, 0.25) is 5.91 Å². The van der Waals surface area contributed by atoms with Crippen molar-refractivity contribution in [1.82, 2.24) is 4.98 Å². The first-order chi connectivity index (χ1) is 14.7. The zero-order chi connectivity index (χ0) is 22.6. The molecule has 0 fully saturated rings. The maximum Gasteiger partial charge on any atom is 0.323 e. The number of hydrogen-bond acceptors (Lipinski definition) is 4. The Labute approximate surface area is 184 Å². The van der Waals surface area contributed by atoms with Crippen molar-refractivity contribution in [2.24, 2.45) is 0 Å². The van der Waals surface area contributed by atoms with Crippen molar-refractivity contribution in [3.05, 3.63) is 77.7 Å². The monoisotopic (exact) mass is 444 g/mol. The first kappa shape index (κ1) is 22.5. The van der Waals surface area contributed by atoms with E-state index in [1.807, 2.05) is 18.2 Å². The molecule has 2 aromatic rings. The highest BCUT2D eigenvalue weighted by molar-refractivity contribution is 6.27. The molecule has 162 valence electrons. The van der Waals surface area contributed by atoms with Gasteiger partial charge in [-0.05, 0) is 29.7 Å². The molecule has 1 aliphatic carbocycles. The molecule has 1 heterocycles. The number of alkyl halides is 2. The average molecular weight is 445 g/mol. The van der Waals surface area contributed by atoms with Crippen LogP contribution < -0.4 is 4.90 Å². The molecular formula is C23H22ClFN2O4. The summed E-state index contributed by atoms with van der Waals surface area (Å²) in [6, 6.07) is 12.3. The number of carboxylic acids is 1. The van der Waals surface area contributed by atoms with Crippen LogP contribution in [-0.2, 0) is 20.7 Å². The second-order valence-electron chi connectivity index (χ2n) is 7.17. The zero-order valence-electron chi connectivity index (χ0n) is 17.1. The predicted octanol–water partition coefficient (Wildman–Crippen LogP) is 4.00. The Hall–Kier alpha value is -3.19. The lowest BCUT2D eigenvalue weighted by Gasteiger charge is -2.33. The molecular weight excluding hydrogens is 423 g/mol. The summed E-state index contributed by atoms with van der Waals surface area (Å²) in [5, 5.41) is 8.99. The number of carbonyl (C=O) groups is 2. The van der Waals surface area contributed by atoms with E-state index in [1.165, 1.54) is 26.3 Å². The highest BCUT2D eigenvalue weighted by Crippen LogP contribution is 2.42. The maximum atomic E-state index is 15.7. The van der Waals surface area contributed by atoms with Gasteiger partial charge in [0.1, 0.15) is 23.0 Å². The summed E-state index contributed by atoms with van der Waals surface area (Å²) >= 11 is 6.73. The third kappa shape index (κ3) is 4.94. The van der Waals surface area contributed by atoms with E-state index in [0.29, 0.717) is 22.5 Å². The minimum absolute atomic E-state index is 0.131. The van der Waals surface area contributed by atoms with E-state index in [0.717, 1.165) is 4.90 Å². The molecule has 8 heteroatoms. The number of nitrogens with zero attached hydrogens (tertiary/aromatic N) is 2. The third-order valence-electron chi connectivity index (χ3n) is 4.99. The zero-order valence-corrected chi connectivity index (χ0v) is 17.8. The Kier molecular flexibility index (Phi) is 6.75. The van der Waals surface area contributed by atoms with Gasteiger partial charge in [-0.25, -0.2) is 9.37 Å². The summed E-state index contributed by atoms with van der Waals surface area (Å²) in [6.45, 7) is 0.763. The molecule has 1 aromatic carbocycles. The standard InChI is InChI=1S/C23H22ClFN2O4/c1-15(28)27(14-20(29)30)19-9-8-16(13-26-19)12-23(24)11-10-18(31-2)21(22(23)25)17-6-4-3-5-7-17/h3-11,13,22H,12,14H2,1-2H3,(H,29,30). The van der Waals surface area contributed by atoms with Crippen LogP contribution in [0.1, 0.15) is 18.1 Å². The largest absolute Gasteiger partial charge is 0.496 e. The fourth-order valence-corrected chi connectivity index (χ4v) is 3.80. The Morgan fingerprint density at radius 1 is 1.26 bits per heavy atom. The average Bonchev–Trinajstić information content (AvgIpc) is 2.75. The Balaban J connectivity index is 1.85. The lowest BCUT2D eigenvalue weighted by molar-refractivity contribution is -0.136. The number of allylic oxidation sites excluding steroid dienone is 3. The number of rotatable bonds is 7. The number of amides is 1. The Morgan fingerprint density at radius 3 is 2.52 bits per heavy atom. The van der Waals surface area contributed by atoms with Crippen LogP contribution in [-0.4, -0.2) is 46.7 Å². The van der Waals surface area contributed by atoms with Gasteiger partial charge < -0.3 is 9.84 Å². The van der Waals surface area contributed by atoms with Crippen LogP contribution in [0.2, 0.25) is 0 Å². The number of aromatic nitrogens is 1. The van der Waals surface area contributed by atoms with Gasteiger partial charge in [0.15, 0.2) is 6.17 Å². The van der Waals surface area contributed by atoms with Crippen LogP contribution in [0.3, 0.4) is 0 Å². The van der Waals surface area contributed by atoms with Gasteiger partial charge in [-0.2, -0.15) is 0 Å². The van der Waals surface area contributed by atoms with Crippen molar-refractivity contribution < 1.29 is 23.8 Å². The summed E-state index contributed by atoms with van der Waals surface area (Å²) in [5.41, 5.74) is 1.69. The number of hydrogen-bond donors (Lipinski definition) is 1. The van der Waals surface area contributed by atoms with Crippen LogP contribution in [0, 0.1) is 0 Å². The maximum absolute atomic E-state index is 15.7. The molecule has 2 atom stereocenters. The first-order valence-corrected chi connectivity index (χ1v) is 9.93. The topological polar surface area (TPSA) is 79.7 Å². The van der Waals surface area contributed by atoms with Gasteiger partial charge in [-0.3, -0.25) is 14.5 Å². The number of anilines is 1. The molecule has 2 unspecified atom stereocenters. The van der Waals surface area contributed by atoms with Crippen molar-refractivity contribution in [2.45, 2.75) is 24.4 Å². The van der Waals surface area contributed by atoms with Gasteiger partial charge in [-0.15, -0.1) is 11.6 Å². The van der Waals surface area contributed by atoms with Gasteiger partial charge in [0.05, 0.1) is 7.11 Å². The molecule has 0 radical (unpaired) electrons. The van der Waals surface area contributed by atoms with Gasteiger partial charge in [-0.1, -0.05) is 42.5 Å². The number of methoxy groups -OCH3 is 1. The Morgan fingerprint density at radius 2 is 1.97 bits per heavy atom. The summed E-state index contributed by atoms with van der Waals surface area (Å²) in [4.78, 5) is 26.6. The first-order valence-electron chi connectivity index (χ1n) is 9.56. The van der Waals surface area contributed by atoms with Gasteiger partial charge >= 0.3 is 5.97 Å². The molecule has 3 rings (SSSR count). The van der Waals surface area contributed by atoms with Gasteiger partial charge in [0.25, 0.3) is 0 Å². The van der Waals surface area contributed by atoms with E-state index >= 15 is 4.39 Å². The molecule has 0 bridgehead atoms. The molecule has 1 aromatic heterocycles. The van der Waals surface area contributed by atoms with Crippen molar-refractivity contribution in [3.63, 3.8) is 0 Å². The lowest BCUT2D eigenvalue weighted by atomic mass is 9.83. The van der Waals surface area contributed by atoms with Crippen molar-refractivity contribution in [3.8, 4) is 0 Å². The van der Waals surface area contributed by atoms with Crippen LogP contribution in [0.4, 0.5) is 10.2 Å². The smallest absolute Gasteiger partial charge is 0.323 e. The van der Waals surface area contributed by atoms with E-state index in [-0.39, 0.29) is 12.2 Å². The highest BCUT2D eigenvalue weighted by atomic mass is 35.5. The minimum Gasteiger partial charge on any atom is -0.496 e. The number of ether oxygens (including phenoxy) is 1. The van der Waals surface area contributed by atoms with E-state index in [2.05, 4.69) is 4.98 Å². The second-order valence-corrected chi connectivity index (χ2v) is 7.87. The van der Waals surface area contributed by atoms with E-state index in [4.69, 9.17) is 21.4 Å². The van der Waals surface area contributed by atoms with Crippen LogP contribution in [0.15, 0.2) is 66.6 Å². The Bertz CT molecular complexity index is 1020. The second kappa shape index (κ2) is 9.31. The highest BCUT2D eigenvalue weighted by Gasteiger charge is 2.42. The quantitative estimate of drug-likeness (QED) is 0.653. The number of benzene rings is 1. The summed E-state index contributed by atoms with van der Waals surface area (Å²) < 4.78 is 21.1. The lowest BCUT2D eigenvalue weighted by Crippen LogP contribution is -2.38. The van der Waals surface area contributed by atoms with E-state index < -0.39 is 29.5 Å². The molecule has 0 saturated heterocycles. The number of carbonyl (C=O) groups excluding carboxylic acids is 1. The molecule has 0 spiro atoms. The van der Waals surface area contributed by atoms with Crippen molar-refractivity contribution >= 4 is 34.9 Å². The molecule has 1 amide bonds. The molecule has 0 saturated carbocycles. The molecule has 6 nitrogen and oxygen atoms in total. The number of pyridine rings is 1. The van der Waals surface area contributed by atoms with E-state index in [9.17, 15) is 9.59 Å². The van der Waals surface area contributed by atoms with Crippen molar-refractivity contribution in [2.75, 3.05) is 18.6 Å².